The van der Waals surface area contributed by atoms with E-state index >= 15 is 0 Å². The second-order valence-electron chi connectivity index (χ2n) is 6.08. The van der Waals surface area contributed by atoms with Crippen LogP contribution in [0, 0.1) is 5.92 Å². The van der Waals surface area contributed by atoms with E-state index in [1.165, 1.54) is 11.1 Å². The Morgan fingerprint density at radius 3 is 2.22 bits per heavy atom. The zero-order chi connectivity index (χ0) is 13.8. The maximum Gasteiger partial charge on any atom is 0.306 e. The molecule has 0 fully saturated rings. The Bertz CT molecular complexity index is 385. The number of rotatable bonds is 5. The van der Waals surface area contributed by atoms with Gasteiger partial charge in [0.25, 0.3) is 0 Å². The van der Waals surface area contributed by atoms with Gasteiger partial charge in [0.2, 0.25) is 0 Å². The summed E-state index contributed by atoms with van der Waals surface area (Å²) >= 11 is 0. The lowest BCUT2D eigenvalue weighted by Crippen LogP contribution is -2.11. The number of aliphatic carboxylic acids is 1. The first kappa shape index (κ1) is 14.7. The van der Waals surface area contributed by atoms with Crippen LogP contribution in [0.25, 0.3) is 0 Å². The fourth-order valence-electron chi connectivity index (χ4n) is 1.91. The maximum absolute atomic E-state index is 10.7. The molecule has 100 valence electrons. The molecule has 18 heavy (non-hydrogen) atoms. The Balaban J connectivity index is 2.47. The predicted molar refractivity (Wildman–Crippen MR) is 74.9 cm³/mol. The van der Waals surface area contributed by atoms with Crippen LogP contribution in [0.15, 0.2) is 24.3 Å². The van der Waals surface area contributed by atoms with Gasteiger partial charge in [-0.05, 0) is 35.8 Å². The van der Waals surface area contributed by atoms with E-state index in [-0.39, 0.29) is 11.3 Å². The molecule has 0 heterocycles. The first-order valence-corrected chi connectivity index (χ1v) is 6.63. The van der Waals surface area contributed by atoms with Crippen molar-refractivity contribution in [3.8, 4) is 0 Å². The smallest absolute Gasteiger partial charge is 0.306 e. The van der Waals surface area contributed by atoms with Gasteiger partial charge < -0.3 is 5.11 Å². The van der Waals surface area contributed by atoms with Gasteiger partial charge in [0.1, 0.15) is 0 Å². The summed E-state index contributed by atoms with van der Waals surface area (Å²) in [4.78, 5) is 10.7. The molecular weight excluding hydrogens is 224 g/mol. The summed E-state index contributed by atoms with van der Waals surface area (Å²) in [6.07, 6.45) is 2.64. The van der Waals surface area contributed by atoms with Crippen molar-refractivity contribution in [1.29, 1.82) is 0 Å². The molecule has 1 unspecified atom stereocenters. The van der Waals surface area contributed by atoms with E-state index in [0.29, 0.717) is 0 Å². The lowest BCUT2D eigenvalue weighted by atomic mass is 9.86. The van der Waals surface area contributed by atoms with Crippen molar-refractivity contribution in [2.75, 3.05) is 0 Å². The van der Waals surface area contributed by atoms with Gasteiger partial charge in [-0.25, -0.2) is 0 Å². The molecule has 1 atom stereocenters. The molecule has 1 N–H and O–H groups in total. The first-order chi connectivity index (χ1) is 8.30. The number of benzene rings is 1. The van der Waals surface area contributed by atoms with Gasteiger partial charge in [0.05, 0.1) is 5.92 Å². The third-order valence-corrected chi connectivity index (χ3v) is 3.34. The minimum absolute atomic E-state index is 0.191. The van der Waals surface area contributed by atoms with Gasteiger partial charge in [0, 0.05) is 0 Å². The molecule has 0 aliphatic heterocycles. The molecule has 0 radical (unpaired) electrons. The third-order valence-electron chi connectivity index (χ3n) is 3.34. The predicted octanol–water partition coefficient (Wildman–Crippen LogP) is 4.03. The van der Waals surface area contributed by atoms with Crippen molar-refractivity contribution in [3.05, 3.63) is 35.4 Å². The van der Waals surface area contributed by atoms with Crippen LogP contribution in [0.3, 0.4) is 0 Å². The third kappa shape index (κ3) is 4.52. The highest BCUT2D eigenvalue weighted by Gasteiger charge is 2.13. The van der Waals surface area contributed by atoms with Crippen LogP contribution < -0.4 is 0 Å². The summed E-state index contributed by atoms with van der Waals surface area (Å²) in [5.41, 5.74) is 2.82. The van der Waals surface area contributed by atoms with Gasteiger partial charge in [-0.3, -0.25) is 4.79 Å². The Morgan fingerprint density at radius 1 is 1.22 bits per heavy atom. The van der Waals surface area contributed by atoms with Crippen LogP contribution >= 0.6 is 0 Å². The number of carbonyl (C=O) groups is 1. The highest BCUT2D eigenvalue weighted by Crippen LogP contribution is 2.22. The number of carboxylic acids is 1. The molecule has 0 bridgehead atoms. The zero-order valence-corrected chi connectivity index (χ0v) is 11.9. The molecule has 0 aliphatic rings. The number of hydrogen-bond donors (Lipinski definition) is 1. The normalized spacial score (nSPS) is 13.3. The summed E-state index contributed by atoms with van der Waals surface area (Å²) < 4.78 is 0. The van der Waals surface area contributed by atoms with Gasteiger partial charge in [-0.15, -0.1) is 0 Å². The molecular formula is C16H24O2. The van der Waals surface area contributed by atoms with E-state index in [1.54, 1.807) is 6.92 Å². The summed E-state index contributed by atoms with van der Waals surface area (Å²) in [6.45, 7) is 8.38. The van der Waals surface area contributed by atoms with E-state index in [0.717, 1.165) is 19.3 Å². The standard InChI is InChI=1S/C16H24O2/c1-12(15(17)18)6-5-7-13-8-10-14(11-9-13)16(2,3)4/h8-12H,5-7H2,1-4H3,(H,17,18). The van der Waals surface area contributed by atoms with E-state index < -0.39 is 5.97 Å². The van der Waals surface area contributed by atoms with Gasteiger partial charge in [0.15, 0.2) is 0 Å². The average molecular weight is 248 g/mol. The Morgan fingerprint density at radius 2 is 1.78 bits per heavy atom. The fraction of sp³-hybridized carbons (Fsp3) is 0.562. The Hall–Kier alpha value is -1.31. The lowest BCUT2D eigenvalue weighted by Gasteiger charge is -2.19. The fourth-order valence-corrected chi connectivity index (χ4v) is 1.91. The van der Waals surface area contributed by atoms with E-state index in [2.05, 4.69) is 45.0 Å². The number of carboxylic acid groups (broad SMARTS) is 1. The van der Waals surface area contributed by atoms with Crippen LogP contribution in [-0.4, -0.2) is 11.1 Å². The van der Waals surface area contributed by atoms with E-state index in [1.807, 2.05) is 0 Å². The monoisotopic (exact) mass is 248 g/mol. The molecule has 0 amide bonds. The van der Waals surface area contributed by atoms with E-state index in [9.17, 15) is 4.79 Å². The van der Waals surface area contributed by atoms with Crippen molar-refractivity contribution >= 4 is 5.97 Å². The zero-order valence-electron chi connectivity index (χ0n) is 11.9. The van der Waals surface area contributed by atoms with Gasteiger partial charge in [-0.2, -0.15) is 0 Å². The van der Waals surface area contributed by atoms with Crippen molar-refractivity contribution in [1.82, 2.24) is 0 Å². The number of hydrogen-bond acceptors (Lipinski definition) is 1. The van der Waals surface area contributed by atoms with E-state index in [4.69, 9.17) is 5.11 Å². The van der Waals surface area contributed by atoms with Gasteiger partial charge in [-0.1, -0.05) is 52.0 Å². The quantitative estimate of drug-likeness (QED) is 0.854. The van der Waals surface area contributed by atoms with Crippen LogP contribution in [0.5, 0.6) is 0 Å². The second-order valence-corrected chi connectivity index (χ2v) is 6.08. The molecule has 0 saturated heterocycles. The summed E-state index contributed by atoms with van der Waals surface area (Å²) in [6, 6.07) is 8.67. The molecule has 0 aromatic heterocycles. The minimum atomic E-state index is -0.696. The first-order valence-electron chi connectivity index (χ1n) is 6.63. The van der Waals surface area contributed by atoms with Crippen LogP contribution in [-0.2, 0) is 16.6 Å². The minimum Gasteiger partial charge on any atom is -0.481 e. The molecule has 1 aromatic carbocycles. The van der Waals surface area contributed by atoms with Gasteiger partial charge >= 0.3 is 5.97 Å². The van der Waals surface area contributed by atoms with Crippen LogP contribution in [0.1, 0.15) is 51.7 Å². The van der Waals surface area contributed by atoms with Crippen LogP contribution in [0.2, 0.25) is 0 Å². The van der Waals surface area contributed by atoms with Crippen LogP contribution in [0.4, 0.5) is 0 Å². The molecule has 0 aliphatic carbocycles. The van der Waals surface area contributed by atoms with Crippen molar-refractivity contribution in [3.63, 3.8) is 0 Å². The summed E-state index contributed by atoms with van der Waals surface area (Å²) in [7, 11) is 0. The molecule has 0 spiro atoms. The van der Waals surface area contributed by atoms with Crippen molar-refractivity contribution in [2.45, 2.75) is 52.4 Å². The highest BCUT2D eigenvalue weighted by molar-refractivity contribution is 5.69. The second kappa shape index (κ2) is 6.03. The Labute approximate surface area is 110 Å². The summed E-state index contributed by atoms with van der Waals surface area (Å²) in [5, 5.41) is 8.81. The molecule has 2 heteroatoms. The lowest BCUT2D eigenvalue weighted by molar-refractivity contribution is -0.141. The summed E-state index contributed by atoms with van der Waals surface area (Å²) in [5.74, 6) is -0.933. The SMILES string of the molecule is CC(CCCc1ccc(C(C)(C)C)cc1)C(=O)O. The molecule has 0 saturated carbocycles. The molecule has 2 nitrogen and oxygen atoms in total. The molecule has 1 rings (SSSR count). The maximum atomic E-state index is 10.7. The highest BCUT2D eigenvalue weighted by atomic mass is 16.4. The molecule has 1 aromatic rings. The average Bonchev–Trinajstić information content (AvgIpc) is 2.28. The topological polar surface area (TPSA) is 37.3 Å². The number of aryl methyl sites for hydroxylation is 1. The Kier molecular flexibility index (Phi) is 4.94. The largest absolute Gasteiger partial charge is 0.481 e. The van der Waals surface area contributed by atoms with Crippen molar-refractivity contribution in [2.24, 2.45) is 5.92 Å². The van der Waals surface area contributed by atoms with Crippen molar-refractivity contribution < 1.29 is 9.90 Å².